The molecule has 0 spiro atoms. The SMILES string of the molecule is C[C@H](NCCc1c(Cl)cccc1Cl)c1ccn[nH]1. The normalized spacial score (nSPS) is 12.6. The molecule has 0 fully saturated rings. The molecule has 2 N–H and O–H groups in total. The number of rotatable bonds is 5. The van der Waals surface area contributed by atoms with Gasteiger partial charge in [0.1, 0.15) is 0 Å². The van der Waals surface area contributed by atoms with Crippen molar-refractivity contribution >= 4 is 23.2 Å². The van der Waals surface area contributed by atoms with E-state index in [2.05, 4.69) is 22.4 Å². The molecular formula is C13H15Cl2N3. The van der Waals surface area contributed by atoms with Crippen LogP contribution in [0.3, 0.4) is 0 Å². The zero-order valence-corrected chi connectivity index (χ0v) is 11.6. The molecule has 2 aromatic rings. The van der Waals surface area contributed by atoms with Crippen LogP contribution in [0.2, 0.25) is 10.0 Å². The highest BCUT2D eigenvalue weighted by atomic mass is 35.5. The molecule has 18 heavy (non-hydrogen) atoms. The summed E-state index contributed by atoms with van der Waals surface area (Å²) in [5, 5.41) is 11.7. The topological polar surface area (TPSA) is 40.7 Å². The van der Waals surface area contributed by atoms with Crippen LogP contribution < -0.4 is 5.32 Å². The first-order valence-corrected chi connectivity index (χ1v) is 6.59. The Bertz CT molecular complexity index is 477. The molecule has 0 amide bonds. The lowest BCUT2D eigenvalue weighted by Crippen LogP contribution is -2.21. The summed E-state index contributed by atoms with van der Waals surface area (Å²) in [6.45, 7) is 2.89. The monoisotopic (exact) mass is 283 g/mol. The second-order valence-corrected chi connectivity index (χ2v) is 4.95. The quantitative estimate of drug-likeness (QED) is 0.880. The molecule has 1 heterocycles. The summed E-state index contributed by atoms with van der Waals surface area (Å²) in [5.74, 6) is 0. The average Bonchev–Trinajstić information content (AvgIpc) is 2.86. The summed E-state index contributed by atoms with van der Waals surface area (Å²) in [4.78, 5) is 0. The minimum Gasteiger partial charge on any atom is -0.309 e. The Kier molecular flexibility index (Phi) is 4.64. The largest absolute Gasteiger partial charge is 0.309 e. The number of nitrogens with one attached hydrogen (secondary N) is 2. The van der Waals surface area contributed by atoms with Crippen molar-refractivity contribution in [3.05, 3.63) is 51.8 Å². The summed E-state index contributed by atoms with van der Waals surface area (Å²) < 4.78 is 0. The molecule has 0 saturated carbocycles. The van der Waals surface area contributed by atoms with Crippen LogP contribution in [-0.2, 0) is 6.42 Å². The van der Waals surface area contributed by atoms with Gasteiger partial charge in [-0.2, -0.15) is 5.10 Å². The van der Waals surface area contributed by atoms with E-state index in [0.717, 1.165) is 34.3 Å². The first-order valence-electron chi connectivity index (χ1n) is 5.84. The van der Waals surface area contributed by atoms with Gasteiger partial charge in [-0.25, -0.2) is 0 Å². The summed E-state index contributed by atoms with van der Waals surface area (Å²) in [6, 6.07) is 7.77. The fourth-order valence-electron chi connectivity index (χ4n) is 1.80. The van der Waals surface area contributed by atoms with Gasteiger partial charge in [0.05, 0.1) is 5.69 Å². The van der Waals surface area contributed by atoms with Gasteiger partial charge in [0.25, 0.3) is 0 Å². The van der Waals surface area contributed by atoms with Crippen molar-refractivity contribution in [2.45, 2.75) is 19.4 Å². The van der Waals surface area contributed by atoms with Gasteiger partial charge in [-0.3, -0.25) is 5.10 Å². The molecule has 5 heteroatoms. The Labute approximate surface area is 117 Å². The summed E-state index contributed by atoms with van der Waals surface area (Å²) in [7, 11) is 0. The smallest absolute Gasteiger partial charge is 0.0518 e. The van der Waals surface area contributed by atoms with Crippen LogP contribution in [0, 0.1) is 0 Å². The van der Waals surface area contributed by atoms with Crippen LogP contribution in [0.4, 0.5) is 0 Å². The van der Waals surface area contributed by atoms with Crippen LogP contribution in [0.15, 0.2) is 30.5 Å². The van der Waals surface area contributed by atoms with E-state index in [-0.39, 0.29) is 6.04 Å². The van der Waals surface area contributed by atoms with Gasteiger partial charge in [-0.15, -0.1) is 0 Å². The summed E-state index contributed by atoms with van der Waals surface area (Å²) >= 11 is 12.2. The fourth-order valence-corrected chi connectivity index (χ4v) is 2.39. The Balaban J connectivity index is 1.89. The van der Waals surface area contributed by atoms with E-state index in [1.165, 1.54) is 0 Å². The highest BCUT2D eigenvalue weighted by molar-refractivity contribution is 6.35. The third kappa shape index (κ3) is 3.25. The molecular weight excluding hydrogens is 269 g/mol. The molecule has 0 radical (unpaired) electrons. The highest BCUT2D eigenvalue weighted by Crippen LogP contribution is 2.24. The summed E-state index contributed by atoms with van der Waals surface area (Å²) in [5.41, 5.74) is 2.06. The number of benzene rings is 1. The Morgan fingerprint density at radius 3 is 2.61 bits per heavy atom. The summed E-state index contributed by atoms with van der Waals surface area (Å²) in [6.07, 6.45) is 2.55. The lowest BCUT2D eigenvalue weighted by molar-refractivity contribution is 0.563. The lowest BCUT2D eigenvalue weighted by atomic mass is 10.1. The molecule has 1 aromatic carbocycles. The number of aromatic amines is 1. The molecule has 2 rings (SSSR count). The molecule has 0 aliphatic rings. The van der Waals surface area contributed by atoms with Gasteiger partial charge >= 0.3 is 0 Å². The average molecular weight is 284 g/mol. The maximum atomic E-state index is 6.12. The van der Waals surface area contributed by atoms with Gasteiger partial charge in [-0.1, -0.05) is 29.3 Å². The molecule has 3 nitrogen and oxygen atoms in total. The van der Waals surface area contributed by atoms with Gasteiger partial charge in [-0.05, 0) is 43.7 Å². The fraction of sp³-hybridized carbons (Fsp3) is 0.308. The molecule has 1 atom stereocenters. The second-order valence-electron chi connectivity index (χ2n) is 4.14. The second kappa shape index (κ2) is 6.23. The van der Waals surface area contributed by atoms with Gasteiger partial charge in [0, 0.05) is 22.3 Å². The number of hydrogen-bond donors (Lipinski definition) is 2. The van der Waals surface area contributed by atoms with Crippen LogP contribution in [0.1, 0.15) is 24.2 Å². The van der Waals surface area contributed by atoms with E-state index in [1.807, 2.05) is 24.3 Å². The zero-order chi connectivity index (χ0) is 13.0. The van der Waals surface area contributed by atoms with Crippen molar-refractivity contribution in [1.82, 2.24) is 15.5 Å². The third-order valence-corrected chi connectivity index (χ3v) is 3.58. The number of halogens is 2. The molecule has 0 saturated heterocycles. The highest BCUT2D eigenvalue weighted by Gasteiger charge is 2.08. The van der Waals surface area contributed by atoms with E-state index in [9.17, 15) is 0 Å². The van der Waals surface area contributed by atoms with Crippen LogP contribution in [-0.4, -0.2) is 16.7 Å². The van der Waals surface area contributed by atoms with Crippen molar-refractivity contribution < 1.29 is 0 Å². The number of H-pyrrole nitrogens is 1. The van der Waals surface area contributed by atoms with Crippen molar-refractivity contribution in [3.8, 4) is 0 Å². The van der Waals surface area contributed by atoms with E-state index < -0.39 is 0 Å². The predicted octanol–water partition coefficient (Wildman–Crippen LogP) is 3.61. The van der Waals surface area contributed by atoms with Gasteiger partial charge < -0.3 is 5.32 Å². The minimum atomic E-state index is 0.230. The van der Waals surface area contributed by atoms with Crippen LogP contribution in [0.5, 0.6) is 0 Å². The van der Waals surface area contributed by atoms with Crippen molar-refractivity contribution in [3.63, 3.8) is 0 Å². The van der Waals surface area contributed by atoms with Crippen molar-refractivity contribution in [1.29, 1.82) is 0 Å². The predicted molar refractivity (Wildman–Crippen MR) is 75.2 cm³/mol. The molecule has 0 bridgehead atoms. The Hall–Kier alpha value is -1.03. The van der Waals surface area contributed by atoms with E-state index >= 15 is 0 Å². The maximum absolute atomic E-state index is 6.12. The van der Waals surface area contributed by atoms with Crippen molar-refractivity contribution in [2.75, 3.05) is 6.54 Å². The minimum absolute atomic E-state index is 0.230. The third-order valence-electron chi connectivity index (χ3n) is 2.88. The first kappa shape index (κ1) is 13.4. The maximum Gasteiger partial charge on any atom is 0.0518 e. The molecule has 96 valence electrons. The standard InChI is InChI=1S/C13H15Cl2N3/c1-9(13-6-8-17-18-13)16-7-5-10-11(14)3-2-4-12(10)15/h2-4,6,8-9,16H,5,7H2,1H3,(H,17,18)/t9-/m0/s1. The number of nitrogens with zero attached hydrogens (tertiary/aromatic N) is 1. The van der Waals surface area contributed by atoms with Gasteiger partial charge in [0.2, 0.25) is 0 Å². The molecule has 0 aliphatic carbocycles. The lowest BCUT2D eigenvalue weighted by Gasteiger charge is -2.13. The Morgan fingerprint density at radius 1 is 1.28 bits per heavy atom. The molecule has 0 aliphatic heterocycles. The van der Waals surface area contributed by atoms with Crippen LogP contribution >= 0.6 is 23.2 Å². The van der Waals surface area contributed by atoms with E-state index in [0.29, 0.717) is 0 Å². The first-order chi connectivity index (χ1) is 8.68. The number of hydrogen-bond acceptors (Lipinski definition) is 2. The van der Waals surface area contributed by atoms with E-state index in [4.69, 9.17) is 23.2 Å². The van der Waals surface area contributed by atoms with Gasteiger partial charge in [0.15, 0.2) is 0 Å². The number of aromatic nitrogens is 2. The van der Waals surface area contributed by atoms with Crippen molar-refractivity contribution in [2.24, 2.45) is 0 Å². The zero-order valence-electron chi connectivity index (χ0n) is 10.1. The van der Waals surface area contributed by atoms with E-state index in [1.54, 1.807) is 6.20 Å². The van der Waals surface area contributed by atoms with Crippen LogP contribution in [0.25, 0.3) is 0 Å². The Morgan fingerprint density at radius 2 is 2.00 bits per heavy atom. The molecule has 0 unspecified atom stereocenters. The molecule has 1 aromatic heterocycles.